The number of carbonyl (C=O) groups is 3. The fourth-order valence-corrected chi connectivity index (χ4v) is 6.49. The van der Waals surface area contributed by atoms with Gasteiger partial charge in [0, 0.05) is 63.1 Å². The second-order valence-electron chi connectivity index (χ2n) is 14.4. The second-order valence-corrected chi connectivity index (χ2v) is 14.4. The van der Waals surface area contributed by atoms with Gasteiger partial charge in [-0.2, -0.15) is 10.2 Å². The molecule has 0 saturated carbocycles. The summed E-state index contributed by atoms with van der Waals surface area (Å²) in [5.41, 5.74) is 2.10. The van der Waals surface area contributed by atoms with E-state index in [1.54, 1.807) is 21.9 Å². The van der Waals surface area contributed by atoms with E-state index in [0.717, 1.165) is 16.9 Å². The molecule has 3 atom stereocenters. The lowest BCUT2D eigenvalue weighted by atomic mass is 9.91. The van der Waals surface area contributed by atoms with E-state index in [4.69, 9.17) is 4.74 Å². The van der Waals surface area contributed by atoms with E-state index < -0.39 is 5.60 Å². The van der Waals surface area contributed by atoms with Crippen LogP contribution in [-0.2, 0) is 26.2 Å². The minimum Gasteiger partial charge on any atom is -0.444 e. The van der Waals surface area contributed by atoms with Crippen molar-refractivity contribution >= 4 is 23.6 Å². The highest BCUT2D eigenvalue weighted by molar-refractivity contribution is 5.97. The molecule has 10 nitrogen and oxygen atoms in total. The van der Waals surface area contributed by atoms with Gasteiger partial charge in [-0.25, -0.2) is 9.18 Å². The predicted octanol–water partition coefficient (Wildman–Crippen LogP) is 4.01. The number of aromatic nitrogens is 2. The summed E-state index contributed by atoms with van der Waals surface area (Å²) in [6.07, 6.45) is 0.598. The fraction of sp³-hybridized carbons (Fsp3) is 0.606. The van der Waals surface area contributed by atoms with Crippen LogP contribution in [0.2, 0.25) is 0 Å². The maximum Gasteiger partial charge on any atom is 0.410 e. The summed E-state index contributed by atoms with van der Waals surface area (Å²) < 4.78 is 19.1. The Hall–Kier alpha value is -3.60. The summed E-state index contributed by atoms with van der Waals surface area (Å²) in [7, 11) is 0. The van der Waals surface area contributed by atoms with Gasteiger partial charge in [-0.05, 0) is 57.4 Å². The van der Waals surface area contributed by atoms with Crippen molar-refractivity contribution in [2.24, 2.45) is 5.92 Å². The Kier molecular flexibility index (Phi) is 8.72. The first kappa shape index (κ1) is 31.8. The largest absolute Gasteiger partial charge is 0.444 e. The molecule has 2 fully saturated rings. The van der Waals surface area contributed by atoms with Gasteiger partial charge in [-0.3, -0.25) is 14.5 Å². The van der Waals surface area contributed by atoms with Gasteiger partial charge in [-0.15, -0.1) is 0 Å². The molecular formula is C33H45FN6O4. The molecule has 1 aromatic carbocycles. The normalized spacial score (nSPS) is 23.7. The zero-order chi connectivity index (χ0) is 32.0. The van der Waals surface area contributed by atoms with E-state index in [1.165, 1.54) is 12.1 Å². The number of ether oxygens (including phenoxy) is 1. The number of piperazine rings is 1. The van der Waals surface area contributed by atoms with Gasteiger partial charge in [0.25, 0.3) is 0 Å². The highest BCUT2D eigenvalue weighted by Gasteiger charge is 2.43. The molecule has 5 rings (SSSR count). The Morgan fingerprint density at radius 1 is 1.07 bits per heavy atom. The van der Waals surface area contributed by atoms with Crippen LogP contribution in [0, 0.1) is 11.7 Å². The van der Waals surface area contributed by atoms with Crippen molar-refractivity contribution < 1.29 is 23.5 Å². The zero-order valence-electron chi connectivity index (χ0n) is 27.0. The zero-order valence-corrected chi connectivity index (χ0v) is 27.0. The summed E-state index contributed by atoms with van der Waals surface area (Å²) in [6, 6.07) is 7.80. The van der Waals surface area contributed by atoms with E-state index in [0.29, 0.717) is 51.3 Å². The number of benzene rings is 1. The number of rotatable bonds is 6. The van der Waals surface area contributed by atoms with Crippen molar-refractivity contribution in [3.8, 4) is 0 Å². The summed E-state index contributed by atoms with van der Waals surface area (Å²) in [4.78, 5) is 47.5. The Labute approximate surface area is 259 Å². The molecule has 3 aliphatic heterocycles. The molecule has 0 spiro atoms. The molecule has 0 N–H and O–H groups in total. The van der Waals surface area contributed by atoms with Crippen molar-refractivity contribution in [3.63, 3.8) is 0 Å². The Bertz CT molecular complexity index is 1410. The molecule has 2 aromatic rings. The molecule has 0 aliphatic carbocycles. The van der Waals surface area contributed by atoms with Gasteiger partial charge in [0.05, 0.1) is 23.6 Å². The van der Waals surface area contributed by atoms with E-state index >= 15 is 0 Å². The molecule has 0 radical (unpaired) electrons. The number of likely N-dealkylation sites (tertiary alicyclic amines) is 1. The third-order valence-electron chi connectivity index (χ3n) is 8.67. The smallest absolute Gasteiger partial charge is 0.410 e. The first-order chi connectivity index (χ1) is 20.6. The van der Waals surface area contributed by atoms with E-state index in [2.05, 4.69) is 35.9 Å². The summed E-state index contributed by atoms with van der Waals surface area (Å²) >= 11 is 0. The quantitative estimate of drug-likeness (QED) is 0.489. The van der Waals surface area contributed by atoms with Crippen LogP contribution in [0.1, 0.15) is 71.8 Å². The van der Waals surface area contributed by atoms with Gasteiger partial charge in [0.15, 0.2) is 0 Å². The molecule has 238 valence electrons. The lowest BCUT2D eigenvalue weighted by molar-refractivity contribution is -0.129. The van der Waals surface area contributed by atoms with Gasteiger partial charge < -0.3 is 19.4 Å². The molecule has 2 saturated heterocycles. The van der Waals surface area contributed by atoms with Crippen LogP contribution in [0.15, 0.2) is 30.3 Å². The Morgan fingerprint density at radius 2 is 1.77 bits per heavy atom. The minimum absolute atomic E-state index is 0.0680. The highest BCUT2D eigenvalue weighted by atomic mass is 19.1. The van der Waals surface area contributed by atoms with Crippen LogP contribution in [0.25, 0.3) is 0 Å². The highest BCUT2D eigenvalue weighted by Crippen LogP contribution is 2.39. The van der Waals surface area contributed by atoms with E-state index in [-0.39, 0.29) is 53.7 Å². The predicted molar refractivity (Wildman–Crippen MR) is 165 cm³/mol. The number of halogens is 1. The van der Waals surface area contributed by atoms with Gasteiger partial charge >= 0.3 is 6.09 Å². The molecule has 1 aromatic heterocycles. The lowest BCUT2D eigenvalue weighted by Crippen LogP contribution is -2.63. The van der Waals surface area contributed by atoms with Gasteiger partial charge in [0.1, 0.15) is 11.4 Å². The Morgan fingerprint density at radius 3 is 2.41 bits per heavy atom. The minimum atomic E-state index is -0.631. The molecular weight excluding hydrogens is 563 g/mol. The number of fused-ring (bicyclic) bond motifs is 1. The number of hydrogen-bond donors (Lipinski definition) is 0. The second kappa shape index (κ2) is 12.1. The molecule has 3 amide bonds. The molecule has 11 heteroatoms. The maximum atomic E-state index is 14.1. The SMILES string of the molecule is C[C@H]1CC(=O)N(C[C@H]2CN(C(=O)OC(C)(C)C)[C@H](C)CN2CC(=O)N2CC(C)(C)c3nnc(Cc4ccc(F)cc4)cc32)C1. The van der Waals surface area contributed by atoms with E-state index in [9.17, 15) is 18.8 Å². The first-order valence-electron chi connectivity index (χ1n) is 15.5. The maximum absolute atomic E-state index is 14.1. The molecule has 3 aliphatic rings. The van der Waals surface area contributed by atoms with Gasteiger partial charge in [0.2, 0.25) is 11.8 Å². The van der Waals surface area contributed by atoms with Crippen LogP contribution in [0.3, 0.4) is 0 Å². The van der Waals surface area contributed by atoms with Crippen LogP contribution in [0.4, 0.5) is 14.9 Å². The fourth-order valence-electron chi connectivity index (χ4n) is 6.49. The number of anilines is 1. The summed E-state index contributed by atoms with van der Waals surface area (Å²) in [5.74, 6) is 0.0151. The van der Waals surface area contributed by atoms with Crippen molar-refractivity contribution in [1.29, 1.82) is 0 Å². The number of carbonyl (C=O) groups excluding carboxylic acids is 3. The van der Waals surface area contributed by atoms with Crippen LogP contribution >= 0.6 is 0 Å². The third-order valence-corrected chi connectivity index (χ3v) is 8.67. The molecule has 0 bridgehead atoms. The summed E-state index contributed by atoms with van der Waals surface area (Å²) in [6.45, 7) is 16.2. The standard InChI is InChI=1S/C33H45FN6O4/c1-21-12-28(41)38(15-21)17-26-18-39(31(43)44-32(3,4)5)22(2)16-37(26)19-29(42)40-20-33(6,7)30-27(40)14-25(35-36-30)13-23-8-10-24(34)11-9-23/h8-11,14,21-22,26H,12-13,15-20H2,1-7H3/t21-,22+,26-/m0/s1. The average Bonchev–Trinajstić information content (AvgIpc) is 3.38. The van der Waals surface area contributed by atoms with Crippen molar-refractivity contribution in [1.82, 2.24) is 24.9 Å². The van der Waals surface area contributed by atoms with Crippen LogP contribution in [0.5, 0.6) is 0 Å². The Balaban J connectivity index is 1.36. The summed E-state index contributed by atoms with van der Waals surface area (Å²) in [5, 5.41) is 8.98. The van der Waals surface area contributed by atoms with Crippen molar-refractivity contribution in [2.75, 3.05) is 44.2 Å². The monoisotopic (exact) mass is 608 g/mol. The lowest BCUT2D eigenvalue weighted by Gasteiger charge is -2.46. The third kappa shape index (κ3) is 7.03. The number of nitrogens with zero attached hydrogens (tertiary/aromatic N) is 6. The van der Waals surface area contributed by atoms with Crippen molar-refractivity contribution in [3.05, 3.63) is 53.1 Å². The average molecular weight is 609 g/mol. The van der Waals surface area contributed by atoms with Crippen LogP contribution < -0.4 is 4.90 Å². The topological polar surface area (TPSA) is 99.2 Å². The molecule has 0 unspecified atom stereocenters. The van der Waals surface area contributed by atoms with Crippen molar-refractivity contribution in [2.45, 2.75) is 84.4 Å². The van der Waals surface area contributed by atoms with Gasteiger partial charge in [-0.1, -0.05) is 32.9 Å². The molecule has 4 heterocycles. The number of amides is 3. The van der Waals surface area contributed by atoms with Crippen LogP contribution in [-0.4, -0.2) is 99.8 Å². The number of hydrogen-bond acceptors (Lipinski definition) is 7. The molecule has 44 heavy (non-hydrogen) atoms. The first-order valence-corrected chi connectivity index (χ1v) is 15.5. The van der Waals surface area contributed by atoms with E-state index in [1.807, 2.05) is 38.7 Å².